The molecule has 0 atom stereocenters. The zero-order valence-corrected chi connectivity index (χ0v) is 9.92. The van der Waals surface area contributed by atoms with Crippen molar-refractivity contribution in [2.45, 2.75) is 13.1 Å². The van der Waals surface area contributed by atoms with Crippen molar-refractivity contribution in [2.24, 2.45) is 0 Å². The van der Waals surface area contributed by atoms with Crippen molar-refractivity contribution in [1.29, 1.82) is 0 Å². The summed E-state index contributed by atoms with van der Waals surface area (Å²) < 4.78 is 4.95. The highest BCUT2D eigenvalue weighted by Crippen LogP contribution is 2.25. The van der Waals surface area contributed by atoms with Gasteiger partial charge in [-0.3, -0.25) is 0 Å². The molecule has 0 saturated carbocycles. The van der Waals surface area contributed by atoms with E-state index in [0.717, 1.165) is 11.3 Å². The maximum absolute atomic E-state index is 6.05. The highest BCUT2D eigenvalue weighted by molar-refractivity contribution is 6.42. The van der Waals surface area contributed by atoms with Gasteiger partial charge in [0.25, 0.3) is 0 Å². The van der Waals surface area contributed by atoms with Crippen LogP contribution in [0.3, 0.4) is 0 Å². The highest BCUT2D eigenvalue weighted by atomic mass is 35.5. The van der Waals surface area contributed by atoms with Crippen LogP contribution in [0.1, 0.15) is 11.3 Å². The lowest BCUT2D eigenvalue weighted by Gasteiger charge is -2.06. The number of rotatable bonds is 4. The van der Waals surface area contributed by atoms with E-state index in [1.807, 2.05) is 18.2 Å². The van der Waals surface area contributed by atoms with Crippen molar-refractivity contribution in [3.8, 4) is 0 Å². The summed E-state index contributed by atoms with van der Waals surface area (Å²) in [6.07, 6.45) is 1.61. The minimum Gasteiger partial charge on any atom is -0.360 e. The van der Waals surface area contributed by atoms with Crippen molar-refractivity contribution in [2.75, 3.05) is 0 Å². The van der Waals surface area contributed by atoms with E-state index in [9.17, 15) is 0 Å². The second-order valence-electron chi connectivity index (χ2n) is 3.30. The molecule has 2 rings (SSSR count). The molecule has 2 aromatic rings. The Bertz CT molecular complexity index is 457. The molecule has 16 heavy (non-hydrogen) atoms. The number of nitrogens with one attached hydrogen (secondary N) is 1. The van der Waals surface area contributed by atoms with Crippen LogP contribution in [0.4, 0.5) is 0 Å². The Hall–Kier alpha value is -1.03. The SMILES string of the molecule is Clc1cccc(CNCc2ccno2)c1Cl. The average molecular weight is 257 g/mol. The zero-order chi connectivity index (χ0) is 11.4. The first-order valence-electron chi connectivity index (χ1n) is 4.80. The predicted octanol–water partition coefficient (Wildman–Crippen LogP) is 3.27. The van der Waals surface area contributed by atoms with Gasteiger partial charge in [0.1, 0.15) is 5.76 Å². The molecule has 3 nitrogen and oxygen atoms in total. The van der Waals surface area contributed by atoms with Crippen molar-refractivity contribution >= 4 is 23.2 Å². The van der Waals surface area contributed by atoms with E-state index in [1.54, 1.807) is 12.3 Å². The number of nitrogens with zero attached hydrogens (tertiary/aromatic N) is 1. The van der Waals surface area contributed by atoms with Gasteiger partial charge in [0.2, 0.25) is 0 Å². The van der Waals surface area contributed by atoms with E-state index in [2.05, 4.69) is 10.5 Å². The molecule has 0 radical (unpaired) electrons. The molecule has 0 fully saturated rings. The lowest BCUT2D eigenvalue weighted by atomic mass is 10.2. The fourth-order valence-electron chi connectivity index (χ4n) is 1.34. The molecule has 0 amide bonds. The van der Waals surface area contributed by atoms with E-state index in [0.29, 0.717) is 23.1 Å². The van der Waals surface area contributed by atoms with Crippen molar-refractivity contribution < 1.29 is 4.52 Å². The van der Waals surface area contributed by atoms with Gasteiger partial charge in [-0.15, -0.1) is 0 Å². The van der Waals surface area contributed by atoms with Gasteiger partial charge in [-0.05, 0) is 11.6 Å². The third-order valence-electron chi connectivity index (χ3n) is 2.14. The summed E-state index contributed by atoms with van der Waals surface area (Å²) in [6.45, 7) is 1.25. The Morgan fingerprint density at radius 2 is 2.06 bits per heavy atom. The molecule has 1 aromatic heterocycles. The monoisotopic (exact) mass is 256 g/mol. The maximum Gasteiger partial charge on any atom is 0.150 e. The number of hydrogen-bond acceptors (Lipinski definition) is 3. The van der Waals surface area contributed by atoms with E-state index >= 15 is 0 Å². The van der Waals surface area contributed by atoms with E-state index < -0.39 is 0 Å². The van der Waals surface area contributed by atoms with Crippen LogP contribution in [0.5, 0.6) is 0 Å². The summed E-state index contributed by atoms with van der Waals surface area (Å²) in [7, 11) is 0. The van der Waals surface area contributed by atoms with Crippen LogP contribution in [0.15, 0.2) is 35.0 Å². The second kappa shape index (κ2) is 5.34. The van der Waals surface area contributed by atoms with Gasteiger partial charge < -0.3 is 9.84 Å². The molecule has 0 aliphatic heterocycles. The summed E-state index contributed by atoms with van der Waals surface area (Å²) >= 11 is 12.0. The van der Waals surface area contributed by atoms with Gasteiger partial charge >= 0.3 is 0 Å². The smallest absolute Gasteiger partial charge is 0.150 e. The molecule has 0 saturated heterocycles. The highest BCUT2D eigenvalue weighted by Gasteiger charge is 2.04. The van der Waals surface area contributed by atoms with Crippen LogP contribution in [-0.2, 0) is 13.1 Å². The molecule has 84 valence electrons. The summed E-state index contributed by atoms with van der Waals surface area (Å²) in [5.74, 6) is 0.790. The fourth-order valence-corrected chi connectivity index (χ4v) is 1.73. The Morgan fingerprint density at radius 3 is 2.81 bits per heavy atom. The van der Waals surface area contributed by atoms with Crippen molar-refractivity contribution in [3.05, 3.63) is 51.8 Å². The molecule has 5 heteroatoms. The molecular formula is C11H10Cl2N2O. The Balaban J connectivity index is 1.92. The van der Waals surface area contributed by atoms with Gasteiger partial charge in [0.15, 0.2) is 0 Å². The van der Waals surface area contributed by atoms with Crippen LogP contribution < -0.4 is 5.32 Å². The minimum absolute atomic E-state index is 0.570. The number of halogens is 2. The molecule has 0 aliphatic rings. The summed E-state index contributed by atoms with van der Waals surface area (Å²) in [6, 6.07) is 7.39. The minimum atomic E-state index is 0.570. The maximum atomic E-state index is 6.05. The standard InChI is InChI=1S/C11H10Cl2N2O/c12-10-3-1-2-8(11(10)13)6-14-7-9-4-5-15-16-9/h1-5,14H,6-7H2. The number of benzene rings is 1. The molecule has 1 aromatic carbocycles. The normalized spacial score (nSPS) is 10.6. The van der Waals surface area contributed by atoms with Crippen LogP contribution in [0.2, 0.25) is 10.0 Å². The predicted molar refractivity (Wildman–Crippen MR) is 63.5 cm³/mol. The van der Waals surface area contributed by atoms with Gasteiger partial charge in [0, 0.05) is 12.6 Å². The molecule has 1 heterocycles. The summed E-state index contributed by atoms with van der Waals surface area (Å²) in [5.41, 5.74) is 0.966. The first-order valence-corrected chi connectivity index (χ1v) is 5.56. The third-order valence-corrected chi connectivity index (χ3v) is 3.00. The van der Waals surface area contributed by atoms with E-state index in [4.69, 9.17) is 27.7 Å². The van der Waals surface area contributed by atoms with Gasteiger partial charge in [-0.25, -0.2) is 0 Å². The fraction of sp³-hybridized carbons (Fsp3) is 0.182. The Kier molecular flexibility index (Phi) is 3.83. The van der Waals surface area contributed by atoms with Crippen LogP contribution in [0, 0.1) is 0 Å². The van der Waals surface area contributed by atoms with Crippen LogP contribution in [-0.4, -0.2) is 5.16 Å². The summed E-state index contributed by atoms with van der Waals surface area (Å²) in [5, 5.41) is 7.97. The van der Waals surface area contributed by atoms with Crippen molar-refractivity contribution in [3.63, 3.8) is 0 Å². The third kappa shape index (κ3) is 2.76. The molecular weight excluding hydrogens is 247 g/mol. The lowest BCUT2D eigenvalue weighted by molar-refractivity contribution is 0.373. The average Bonchev–Trinajstić information content (AvgIpc) is 2.77. The molecule has 0 bridgehead atoms. The topological polar surface area (TPSA) is 38.1 Å². The second-order valence-corrected chi connectivity index (χ2v) is 4.08. The quantitative estimate of drug-likeness (QED) is 0.913. The first kappa shape index (κ1) is 11.5. The number of aromatic nitrogens is 1. The van der Waals surface area contributed by atoms with Crippen LogP contribution >= 0.6 is 23.2 Å². The van der Waals surface area contributed by atoms with E-state index in [-0.39, 0.29) is 0 Å². The zero-order valence-electron chi connectivity index (χ0n) is 8.41. The van der Waals surface area contributed by atoms with Gasteiger partial charge in [-0.2, -0.15) is 0 Å². The molecule has 0 unspecified atom stereocenters. The molecule has 0 aliphatic carbocycles. The van der Waals surface area contributed by atoms with Gasteiger partial charge in [0.05, 0.1) is 22.8 Å². The Labute approximate surface area is 103 Å². The Morgan fingerprint density at radius 1 is 1.19 bits per heavy atom. The molecule has 1 N–H and O–H groups in total. The largest absolute Gasteiger partial charge is 0.360 e. The van der Waals surface area contributed by atoms with Crippen molar-refractivity contribution in [1.82, 2.24) is 10.5 Å². The van der Waals surface area contributed by atoms with Crippen LogP contribution in [0.25, 0.3) is 0 Å². The number of hydrogen-bond donors (Lipinski definition) is 1. The van der Waals surface area contributed by atoms with Gasteiger partial charge in [-0.1, -0.05) is 40.5 Å². The van der Waals surface area contributed by atoms with E-state index in [1.165, 1.54) is 0 Å². The lowest BCUT2D eigenvalue weighted by Crippen LogP contribution is -2.12. The first-order chi connectivity index (χ1) is 7.77. The summed E-state index contributed by atoms with van der Waals surface area (Å²) in [4.78, 5) is 0. The molecule has 0 spiro atoms.